The lowest BCUT2D eigenvalue weighted by Gasteiger charge is -2.42. The van der Waals surface area contributed by atoms with Gasteiger partial charge in [-0.3, -0.25) is 0 Å². The van der Waals surface area contributed by atoms with Gasteiger partial charge in [0.2, 0.25) is 6.29 Å². The van der Waals surface area contributed by atoms with Crippen LogP contribution in [0.15, 0.2) is 36.4 Å². The topological polar surface area (TPSA) is 247 Å². The molecule has 0 amide bonds. The molecule has 2 aromatic rings. The average molecular weight is 685 g/mol. The fourth-order valence-corrected chi connectivity index (χ4v) is 6.30. The molecule has 5 rings (SSSR count). The van der Waals surface area contributed by atoms with E-state index in [4.69, 9.17) is 33.2 Å². The first-order valence-electron chi connectivity index (χ1n) is 15.6. The summed E-state index contributed by atoms with van der Waals surface area (Å²) in [5.74, 6) is 0.413. The maximum absolute atomic E-state index is 10.7. The molecule has 268 valence electrons. The SMILES string of the molecule is COc1cc(CC2COC(c3ccc(OC4OC(COC5OC(CO)C(O)C(O)C5O)C(O)C(O)C4O)c(OC)c3)C2CO)ccc1O. The Labute approximate surface area is 276 Å². The predicted octanol–water partition coefficient (Wildman–Crippen LogP) is -2.05. The summed E-state index contributed by atoms with van der Waals surface area (Å²) in [6, 6.07) is 10.0. The predicted molar refractivity (Wildman–Crippen MR) is 161 cm³/mol. The van der Waals surface area contributed by atoms with E-state index in [2.05, 4.69) is 0 Å². The third kappa shape index (κ3) is 7.50. The Kier molecular flexibility index (Phi) is 12.0. The second kappa shape index (κ2) is 15.8. The molecule has 2 aromatic carbocycles. The van der Waals surface area contributed by atoms with Gasteiger partial charge < -0.3 is 79.1 Å². The summed E-state index contributed by atoms with van der Waals surface area (Å²) in [4.78, 5) is 0. The fraction of sp³-hybridized carbons (Fsp3) is 0.625. The number of benzene rings is 2. The molecule has 9 N–H and O–H groups in total. The van der Waals surface area contributed by atoms with Crippen LogP contribution >= 0.6 is 0 Å². The molecule has 3 saturated heterocycles. The standard InChI is InChI=1S/C32H44O16/c1-42-20-8-14(3-5-18(20)35)7-16-12-44-30(17(16)10-33)15-4-6-19(21(9-15)43-2)46-32-29(41)27(39)25(37)23(48-32)13-45-31-28(40)26(38)24(36)22(11-34)47-31/h3-6,8-9,16-17,22-41H,7,10-13H2,1-2H3. The zero-order valence-corrected chi connectivity index (χ0v) is 26.4. The third-order valence-electron chi connectivity index (χ3n) is 9.14. The molecule has 13 unspecified atom stereocenters. The van der Waals surface area contributed by atoms with Crippen molar-refractivity contribution in [2.45, 2.75) is 73.9 Å². The van der Waals surface area contributed by atoms with E-state index < -0.39 is 80.7 Å². The van der Waals surface area contributed by atoms with Crippen molar-refractivity contribution in [2.75, 3.05) is 40.6 Å². The minimum Gasteiger partial charge on any atom is -0.504 e. The molecular weight excluding hydrogens is 640 g/mol. The van der Waals surface area contributed by atoms with Crippen molar-refractivity contribution in [3.63, 3.8) is 0 Å². The molecule has 0 saturated carbocycles. The quantitative estimate of drug-likeness (QED) is 0.117. The van der Waals surface area contributed by atoms with Crippen LogP contribution in [-0.2, 0) is 25.4 Å². The van der Waals surface area contributed by atoms with Crippen LogP contribution in [0.2, 0.25) is 0 Å². The Morgan fingerprint density at radius 2 is 1.38 bits per heavy atom. The van der Waals surface area contributed by atoms with Crippen LogP contribution in [-0.4, -0.2) is 148 Å². The number of aliphatic hydroxyl groups is 8. The van der Waals surface area contributed by atoms with Crippen molar-refractivity contribution in [1.82, 2.24) is 0 Å². The van der Waals surface area contributed by atoms with Crippen LogP contribution < -0.4 is 14.2 Å². The highest BCUT2D eigenvalue weighted by molar-refractivity contribution is 5.44. The van der Waals surface area contributed by atoms with Crippen LogP contribution in [0, 0.1) is 11.8 Å². The first-order chi connectivity index (χ1) is 23.0. The summed E-state index contributed by atoms with van der Waals surface area (Å²) in [5, 5.41) is 91.7. The maximum atomic E-state index is 10.7. The molecular formula is C32H44O16. The molecule has 0 spiro atoms. The molecule has 3 heterocycles. The first kappa shape index (κ1) is 36.4. The second-order valence-corrected chi connectivity index (χ2v) is 12.1. The number of hydrogen-bond donors (Lipinski definition) is 9. The van der Waals surface area contributed by atoms with Gasteiger partial charge in [0.15, 0.2) is 29.3 Å². The Morgan fingerprint density at radius 3 is 2.04 bits per heavy atom. The highest BCUT2D eigenvalue weighted by Gasteiger charge is 2.48. The number of methoxy groups -OCH3 is 2. The molecule has 16 heteroatoms. The summed E-state index contributed by atoms with van der Waals surface area (Å²) >= 11 is 0. The largest absolute Gasteiger partial charge is 0.504 e. The van der Waals surface area contributed by atoms with Crippen LogP contribution in [0.4, 0.5) is 0 Å². The fourth-order valence-electron chi connectivity index (χ4n) is 6.30. The zero-order valence-electron chi connectivity index (χ0n) is 26.4. The molecule has 3 aliphatic heterocycles. The highest BCUT2D eigenvalue weighted by Crippen LogP contribution is 2.43. The lowest BCUT2D eigenvalue weighted by Crippen LogP contribution is -2.62. The van der Waals surface area contributed by atoms with Crippen LogP contribution in [0.1, 0.15) is 17.2 Å². The number of phenols is 1. The smallest absolute Gasteiger partial charge is 0.229 e. The zero-order chi connectivity index (χ0) is 34.7. The third-order valence-corrected chi connectivity index (χ3v) is 9.14. The molecule has 13 atom stereocenters. The summed E-state index contributed by atoms with van der Waals surface area (Å²) in [6.45, 7) is -0.962. The Morgan fingerprint density at radius 1 is 0.708 bits per heavy atom. The normalized spacial score (nSPS) is 36.9. The van der Waals surface area contributed by atoms with Crippen molar-refractivity contribution in [3.05, 3.63) is 47.5 Å². The van der Waals surface area contributed by atoms with E-state index in [9.17, 15) is 46.0 Å². The van der Waals surface area contributed by atoms with Gasteiger partial charge in [-0.15, -0.1) is 0 Å². The molecule has 3 aliphatic rings. The van der Waals surface area contributed by atoms with E-state index >= 15 is 0 Å². The molecule has 0 aliphatic carbocycles. The minimum absolute atomic E-state index is 0.0312. The summed E-state index contributed by atoms with van der Waals surface area (Å²) in [5.41, 5.74) is 1.60. The number of ether oxygens (including phenoxy) is 7. The summed E-state index contributed by atoms with van der Waals surface area (Å²) in [6.07, 6.45) is -15.6. The lowest BCUT2D eigenvalue weighted by molar-refractivity contribution is -0.323. The second-order valence-electron chi connectivity index (χ2n) is 12.1. The monoisotopic (exact) mass is 684 g/mol. The minimum atomic E-state index is -1.74. The van der Waals surface area contributed by atoms with E-state index in [1.165, 1.54) is 14.2 Å². The van der Waals surface area contributed by atoms with Gasteiger partial charge in [0.1, 0.15) is 48.8 Å². The molecule has 0 radical (unpaired) electrons. The van der Waals surface area contributed by atoms with Crippen molar-refractivity contribution < 1.29 is 79.1 Å². The van der Waals surface area contributed by atoms with E-state index in [0.29, 0.717) is 24.3 Å². The summed E-state index contributed by atoms with van der Waals surface area (Å²) in [7, 11) is 2.87. The van der Waals surface area contributed by atoms with Gasteiger partial charge in [-0.1, -0.05) is 12.1 Å². The molecule has 0 aromatic heterocycles. The van der Waals surface area contributed by atoms with Crippen LogP contribution in [0.3, 0.4) is 0 Å². The Bertz CT molecular complexity index is 1340. The number of aromatic hydroxyl groups is 1. The highest BCUT2D eigenvalue weighted by atomic mass is 16.7. The van der Waals surface area contributed by atoms with Crippen LogP contribution in [0.25, 0.3) is 0 Å². The Balaban J connectivity index is 1.25. The van der Waals surface area contributed by atoms with E-state index in [0.717, 1.165) is 5.56 Å². The van der Waals surface area contributed by atoms with Gasteiger partial charge in [0.25, 0.3) is 0 Å². The van der Waals surface area contributed by atoms with Crippen molar-refractivity contribution in [1.29, 1.82) is 0 Å². The van der Waals surface area contributed by atoms with Crippen molar-refractivity contribution in [2.24, 2.45) is 11.8 Å². The van der Waals surface area contributed by atoms with Gasteiger partial charge in [-0.2, -0.15) is 0 Å². The summed E-state index contributed by atoms with van der Waals surface area (Å²) < 4.78 is 39.3. The van der Waals surface area contributed by atoms with Crippen molar-refractivity contribution >= 4 is 0 Å². The molecule has 3 fully saturated rings. The van der Waals surface area contributed by atoms with E-state index in [1.807, 2.05) is 0 Å². The van der Waals surface area contributed by atoms with Crippen LogP contribution in [0.5, 0.6) is 23.0 Å². The number of aliphatic hydroxyl groups excluding tert-OH is 8. The number of phenolic OH excluding ortho intramolecular Hbond substituents is 1. The number of hydrogen-bond acceptors (Lipinski definition) is 16. The maximum Gasteiger partial charge on any atom is 0.229 e. The molecule has 0 bridgehead atoms. The van der Waals surface area contributed by atoms with Gasteiger partial charge in [-0.25, -0.2) is 0 Å². The number of rotatable bonds is 12. The Hall–Kier alpha value is -2.84. The van der Waals surface area contributed by atoms with Crippen molar-refractivity contribution in [3.8, 4) is 23.0 Å². The van der Waals surface area contributed by atoms with E-state index in [1.54, 1.807) is 36.4 Å². The first-order valence-corrected chi connectivity index (χ1v) is 15.6. The van der Waals surface area contributed by atoms with Gasteiger partial charge >= 0.3 is 0 Å². The van der Waals surface area contributed by atoms with Gasteiger partial charge in [0, 0.05) is 12.5 Å². The molecule has 48 heavy (non-hydrogen) atoms. The molecule has 16 nitrogen and oxygen atoms in total. The van der Waals surface area contributed by atoms with Gasteiger partial charge in [-0.05, 0) is 47.7 Å². The van der Waals surface area contributed by atoms with Gasteiger partial charge in [0.05, 0.1) is 40.1 Å². The van der Waals surface area contributed by atoms with E-state index in [-0.39, 0.29) is 35.7 Å². The lowest BCUT2D eigenvalue weighted by atomic mass is 9.84. The average Bonchev–Trinajstić information content (AvgIpc) is 3.50.